The molecule has 0 atom stereocenters. The topological polar surface area (TPSA) is 103 Å². The van der Waals surface area contributed by atoms with Gasteiger partial charge in [0.15, 0.2) is 11.6 Å². The van der Waals surface area contributed by atoms with Crippen molar-refractivity contribution in [3.63, 3.8) is 0 Å². The molecule has 0 saturated heterocycles. The lowest BCUT2D eigenvalue weighted by atomic mass is 10.1. The number of benzene rings is 2. The van der Waals surface area contributed by atoms with Gasteiger partial charge in [0.1, 0.15) is 17.4 Å². The quantitative estimate of drug-likeness (QED) is 0.492. The minimum Gasteiger partial charge on any atom is -0.491 e. The molecule has 0 spiro atoms. The molecule has 0 fully saturated rings. The van der Waals surface area contributed by atoms with Crippen molar-refractivity contribution in [3.05, 3.63) is 75.6 Å². The summed E-state index contributed by atoms with van der Waals surface area (Å²) in [5.41, 5.74) is 1.89. The molecule has 0 aliphatic rings. The van der Waals surface area contributed by atoms with Gasteiger partial charge in [-0.15, -0.1) is 0 Å². The summed E-state index contributed by atoms with van der Waals surface area (Å²) in [7, 11) is 0. The van der Waals surface area contributed by atoms with Crippen LogP contribution in [0.4, 0.5) is 14.7 Å². The Kier molecular flexibility index (Phi) is 5.94. The molecule has 0 aliphatic carbocycles. The van der Waals surface area contributed by atoms with Crippen LogP contribution in [0, 0.1) is 23.0 Å². The van der Waals surface area contributed by atoms with Crippen LogP contribution in [-0.2, 0) is 0 Å². The summed E-state index contributed by atoms with van der Waals surface area (Å²) >= 11 is 0. The molecule has 0 radical (unpaired) electrons. The van der Waals surface area contributed by atoms with Gasteiger partial charge in [-0.05, 0) is 19.1 Å². The molecule has 3 rings (SSSR count). The third kappa shape index (κ3) is 4.27. The molecule has 146 valence electrons. The maximum absolute atomic E-state index is 14.3. The molecule has 0 unspecified atom stereocenters. The van der Waals surface area contributed by atoms with E-state index >= 15 is 0 Å². The Morgan fingerprint density at radius 2 is 2.03 bits per heavy atom. The van der Waals surface area contributed by atoms with E-state index in [1.807, 2.05) is 6.07 Å². The summed E-state index contributed by atoms with van der Waals surface area (Å²) in [4.78, 5) is 18.7. The second kappa shape index (κ2) is 8.75. The molecule has 2 aromatic carbocycles. The number of H-pyrrole nitrogens is 1. The van der Waals surface area contributed by atoms with E-state index in [1.165, 1.54) is 6.07 Å². The fraction of sp³-hybridized carbons (Fsp3) is 0.100. The zero-order valence-corrected chi connectivity index (χ0v) is 15.2. The molecule has 9 heteroatoms. The SMILES string of the molecule is CCOc1ccc(F)c(C=NNc2nc(-c3ccccc3)c(C#N)c(=O)[nH]2)c1F. The van der Waals surface area contributed by atoms with E-state index in [1.54, 1.807) is 37.3 Å². The third-order valence-electron chi connectivity index (χ3n) is 3.83. The van der Waals surface area contributed by atoms with Crippen molar-refractivity contribution < 1.29 is 13.5 Å². The first-order valence-corrected chi connectivity index (χ1v) is 8.54. The molecule has 0 aliphatic heterocycles. The van der Waals surface area contributed by atoms with Gasteiger partial charge in [-0.25, -0.2) is 19.2 Å². The summed E-state index contributed by atoms with van der Waals surface area (Å²) in [6.45, 7) is 1.89. The average Bonchev–Trinajstić information content (AvgIpc) is 2.73. The first-order valence-electron chi connectivity index (χ1n) is 8.54. The highest BCUT2D eigenvalue weighted by Gasteiger charge is 2.14. The lowest BCUT2D eigenvalue weighted by Crippen LogP contribution is -2.16. The van der Waals surface area contributed by atoms with E-state index in [2.05, 4.69) is 20.5 Å². The van der Waals surface area contributed by atoms with Gasteiger partial charge in [0.05, 0.1) is 24.1 Å². The van der Waals surface area contributed by atoms with Crippen LogP contribution < -0.4 is 15.7 Å². The van der Waals surface area contributed by atoms with Gasteiger partial charge in [0.2, 0.25) is 5.95 Å². The van der Waals surface area contributed by atoms with Gasteiger partial charge in [0.25, 0.3) is 5.56 Å². The number of anilines is 1. The van der Waals surface area contributed by atoms with Gasteiger partial charge >= 0.3 is 0 Å². The maximum Gasteiger partial charge on any atom is 0.270 e. The largest absolute Gasteiger partial charge is 0.491 e. The Balaban J connectivity index is 1.93. The zero-order chi connectivity index (χ0) is 20.8. The van der Waals surface area contributed by atoms with Gasteiger partial charge < -0.3 is 4.74 Å². The van der Waals surface area contributed by atoms with Crippen LogP contribution in [0.2, 0.25) is 0 Å². The number of hydrazone groups is 1. The van der Waals surface area contributed by atoms with Crippen LogP contribution in [0.15, 0.2) is 52.4 Å². The zero-order valence-electron chi connectivity index (χ0n) is 15.2. The number of ether oxygens (including phenoxy) is 1. The van der Waals surface area contributed by atoms with Gasteiger partial charge in [-0.1, -0.05) is 30.3 Å². The monoisotopic (exact) mass is 395 g/mol. The van der Waals surface area contributed by atoms with Crippen LogP contribution in [0.5, 0.6) is 5.75 Å². The van der Waals surface area contributed by atoms with E-state index in [9.17, 15) is 18.8 Å². The number of hydrogen-bond acceptors (Lipinski definition) is 6. The minimum atomic E-state index is -0.899. The van der Waals surface area contributed by atoms with Gasteiger partial charge in [-0.2, -0.15) is 10.4 Å². The van der Waals surface area contributed by atoms with Crippen molar-refractivity contribution in [1.29, 1.82) is 5.26 Å². The van der Waals surface area contributed by atoms with E-state index in [4.69, 9.17) is 4.74 Å². The third-order valence-corrected chi connectivity index (χ3v) is 3.83. The molecule has 0 bridgehead atoms. The molecular weight excluding hydrogens is 380 g/mol. The molecule has 1 aromatic heterocycles. The molecule has 7 nitrogen and oxygen atoms in total. The van der Waals surface area contributed by atoms with E-state index in [0.29, 0.717) is 5.56 Å². The van der Waals surface area contributed by atoms with Gasteiger partial charge in [-0.3, -0.25) is 9.78 Å². The Morgan fingerprint density at radius 3 is 2.72 bits per heavy atom. The summed E-state index contributed by atoms with van der Waals surface area (Å²) in [6, 6.07) is 12.7. The van der Waals surface area contributed by atoms with E-state index in [0.717, 1.165) is 12.3 Å². The second-order valence-corrected chi connectivity index (χ2v) is 5.69. The number of hydrogen-bond donors (Lipinski definition) is 2. The highest BCUT2D eigenvalue weighted by Crippen LogP contribution is 2.22. The van der Waals surface area contributed by atoms with Crippen LogP contribution >= 0.6 is 0 Å². The lowest BCUT2D eigenvalue weighted by molar-refractivity contribution is 0.320. The molecule has 2 N–H and O–H groups in total. The number of nitrogens with one attached hydrogen (secondary N) is 2. The Hall–Kier alpha value is -4.06. The van der Waals surface area contributed by atoms with E-state index in [-0.39, 0.29) is 29.6 Å². The van der Waals surface area contributed by atoms with Crippen LogP contribution in [0.1, 0.15) is 18.1 Å². The molecule has 0 saturated carbocycles. The van der Waals surface area contributed by atoms with Crippen molar-refractivity contribution in [3.8, 4) is 23.1 Å². The number of halogens is 2. The molecule has 3 aromatic rings. The van der Waals surface area contributed by atoms with Gasteiger partial charge in [0, 0.05) is 5.56 Å². The maximum atomic E-state index is 14.3. The number of rotatable bonds is 6. The Bertz CT molecular complexity index is 1150. The fourth-order valence-corrected chi connectivity index (χ4v) is 2.53. The standard InChI is InChI=1S/C20H15F2N5O2/c1-2-29-16-9-8-15(21)14(17(16)22)11-24-27-20-25-18(12-6-4-3-5-7-12)13(10-23)19(28)26-20/h3-9,11H,2H2,1H3,(H2,25,26,27,28). The fourth-order valence-electron chi connectivity index (χ4n) is 2.53. The molecule has 0 amide bonds. The summed E-state index contributed by atoms with van der Waals surface area (Å²) < 4.78 is 33.3. The Morgan fingerprint density at radius 1 is 1.28 bits per heavy atom. The molecular formula is C20H15F2N5O2. The molecule has 1 heterocycles. The number of nitrogens with zero attached hydrogens (tertiary/aromatic N) is 3. The average molecular weight is 395 g/mol. The van der Waals surface area contributed by atoms with Crippen LogP contribution in [-0.4, -0.2) is 22.8 Å². The first-order chi connectivity index (χ1) is 14.0. The van der Waals surface area contributed by atoms with Crippen molar-refractivity contribution in [2.75, 3.05) is 12.0 Å². The number of nitriles is 1. The van der Waals surface area contributed by atoms with Crippen LogP contribution in [0.3, 0.4) is 0 Å². The Labute approximate surface area is 164 Å². The molecule has 29 heavy (non-hydrogen) atoms. The second-order valence-electron chi connectivity index (χ2n) is 5.69. The smallest absolute Gasteiger partial charge is 0.270 e. The van der Waals surface area contributed by atoms with Crippen molar-refractivity contribution in [1.82, 2.24) is 9.97 Å². The van der Waals surface area contributed by atoms with E-state index < -0.39 is 22.8 Å². The van der Waals surface area contributed by atoms with Crippen molar-refractivity contribution in [2.24, 2.45) is 5.10 Å². The lowest BCUT2D eigenvalue weighted by Gasteiger charge is -2.08. The minimum absolute atomic E-state index is 0.0918. The predicted octanol–water partition coefficient (Wildman–Crippen LogP) is 3.43. The normalized spacial score (nSPS) is 10.7. The summed E-state index contributed by atoms with van der Waals surface area (Å²) in [6.07, 6.45) is 0.910. The number of aromatic amines is 1. The van der Waals surface area contributed by atoms with Crippen LogP contribution in [0.25, 0.3) is 11.3 Å². The predicted molar refractivity (Wildman–Crippen MR) is 104 cm³/mol. The highest BCUT2D eigenvalue weighted by atomic mass is 19.1. The number of aromatic nitrogens is 2. The highest BCUT2D eigenvalue weighted by molar-refractivity contribution is 5.81. The van der Waals surface area contributed by atoms with Crippen molar-refractivity contribution in [2.45, 2.75) is 6.92 Å². The first kappa shape index (κ1) is 19.7. The summed E-state index contributed by atoms with van der Waals surface area (Å²) in [5, 5.41) is 13.0. The summed E-state index contributed by atoms with van der Waals surface area (Å²) in [5.74, 6) is -1.93. The van der Waals surface area contributed by atoms with Crippen molar-refractivity contribution >= 4 is 12.2 Å².